The Bertz CT molecular complexity index is 31.8. The maximum atomic E-state index is 9.44. The van der Waals surface area contributed by atoms with Gasteiger partial charge in [0.05, 0.1) is 0 Å². The molecule has 48 valence electrons. The Morgan fingerprint density at radius 3 is 1.17 bits per heavy atom. The first kappa shape index (κ1) is 15.7. The van der Waals surface area contributed by atoms with E-state index in [4.69, 9.17) is 0 Å². The number of hydrogen-bond acceptors (Lipinski definition) is 1. The van der Waals surface area contributed by atoms with Crippen molar-refractivity contribution in [2.45, 2.75) is 13.8 Å². The third kappa shape index (κ3) is 35.1. The van der Waals surface area contributed by atoms with E-state index in [9.17, 15) is 4.79 Å². The predicted molar refractivity (Wildman–Crippen MR) is 16.4 cm³/mol. The van der Waals surface area contributed by atoms with Crippen LogP contribution in [0.5, 0.6) is 0 Å². The largest absolute Gasteiger partial charge is 0.300 e. The number of carbonyl (C=O) groups excluding carboxylic acids is 1. The molecule has 0 amide bonds. The Morgan fingerprint density at radius 1 is 1.17 bits per heavy atom. The zero-order valence-corrected chi connectivity index (χ0v) is 7.19. The molecule has 0 N–H and O–H groups in total. The zero-order valence-electron chi connectivity index (χ0n) is 3.49. The molecule has 0 aliphatic rings. The average molecular weight is 393 g/mol. The van der Waals surface area contributed by atoms with Crippen LogP contribution in [0.4, 0.5) is 0 Å². The minimum Gasteiger partial charge on any atom is -0.300 e. The van der Waals surface area contributed by atoms with Crippen molar-refractivity contribution in [3.05, 3.63) is 0 Å². The zero-order chi connectivity index (χ0) is 3.58. The molecular weight excluding hydrogens is 387 g/mol. The van der Waals surface area contributed by atoms with E-state index in [-0.39, 0.29) is 80.4 Å². The van der Waals surface area contributed by atoms with Crippen molar-refractivity contribution in [1.29, 1.82) is 0 Å². The van der Waals surface area contributed by atoms with E-state index < -0.39 is 0 Å². The molecule has 0 spiro atoms. The molecule has 6 heavy (non-hydrogen) atoms. The Labute approximate surface area is 97.0 Å². The van der Waals surface area contributed by atoms with Crippen molar-refractivity contribution < 1.29 is 79.4 Å². The molecule has 0 aliphatic heterocycles. The fourth-order valence-corrected chi connectivity index (χ4v) is 0. The van der Waals surface area contributed by atoms with Gasteiger partial charge in [-0.1, -0.05) is 0 Å². The van der Waals surface area contributed by atoms with E-state index in [0.717, 1.165) is 0 Å². The third-order valence-electron chi connectivity index (χ3n) is 0. The van der Waals surface area contributed by atoms with Crippen LogP contribution in [0.1, 0.15) is 13.8 Å². The van der Waals surface area contributed by atoms with Crippen LogP contribution in [0.15, 0.2) is 0 Å². The summed E-state index contributed by atoms with van der Waals surface area (Å²) < 4.78 is 0. The van der Waals surface area contributed by atoms with Gasteiger partial charge in [0.15, 0.2) is 0 Å². The molecule has 0 heterocycles. The van der Waals surface area contributed by atoms with Crippen LogP contribution in [0.2, 0.25) is 0 Å². The molecule has 0 radical (unpaired) electrons. The Hall–Kier alpha value is 2.16. The molecule has 0 saturated carbocycles. The van der Waals surface area contributed by atoms with Gasteiger partial charge in [-0.05, 0) is 13.8 Å². The van der Waals surface area contributed by atoms with Gasteiger partial charge >= 0.3 is 0 Å². The molecule has 0 bridgehead atoms. The number of ketones is 1. The maximum Gasteiger partial charge on any atom is 0.126 e. The molecule has 1 nitrogen and oxygen atoms in total. The van der Waals surface area contributed by atoms with Gasteiger partial charge in [-0.15, -0.1) is 0 Å². The molecular formula is C3H6Er2O. The molecule has 0 fully saturated rings. The van der Waals surface area contributed by atoms with Crippen LogP contribution < -0.4 is 0 Å². The van der Waals surface area contributed by atoms with Crippen LogP contribution in [0.3, 0.4) is 0 Å². The summed E-state index contributed by atoms with van der Waals surface area (Å²) in [5.74, 6) is 0.167. The number of hydrogen-bond donors (Lipinski definition) is 0. The molecule has 0 aromatic heterocycles. The summed E-state index contributed by atoms with van der Waals surface area (Å²) in [6.45, 7) is 3.06. The van der Waals surface area contributed by atoms with Crippen LogP contribution in [0, 0.1) is 74.6 Å². The van der Waals surface area contributed by atoms with Crippen molar-refractivity contribution in [2.75, 3.05) is 0 Å². The fourth-order valence-electron chi connectivity index (χ4n) is 0. The molecule has 0 aliphatic carbocycles. The predicted octanol–water partition coefficient (Wildman–Crippen LogP) is 0.595. The minimum atomic E-state index is 0. The van der Waals surface area contributed by atoms with Crippen molar-refractivity contribution in [3.8, 4) is 0 Å². The van der Waals surface area contributed by atoms with Crippen LogP contribution in [0.25, 0.3) is 0 Å². The van der Waals surface area contributed by atoms with Crippen LogP contribution in [-0.4, -0.2) is 5.78 Å². The quantitative estimate of drug-likeness (QED) is 0.590. The summed E-state index contributed by atoms with van der Waals surface area (Å²) in [6, 6.07) is 0. The van der Waals surface area contributed by atoms with Crippen molar-refractivity contribution in [2.24, 2.45) is 0 Å². The van der Waals surface area contributed by atoms with Crippen molar-refractivity contribution in [3.63, 3.8) is 0 Å². The molecule has 0 saturated heterocycles. The summed E-state index contributed by atoms with van der Waals surface area (Å²) in [4.78, 5) is 9.44. The van der Waals surface area contributed by atoms with Gasteiger partial charge in [-0.3, -0.25) is 0 Å². The van der Waals surface area contributed by atoms with E-state index in [0.29, 0.717) is 0 Å². The van der Waals surface area contributed by atoms with Gasteiger partial charge in [0.25, 0.3) is 0 Å². The summed E-state index contributed by atoms with van der Waals surface area (Å²) in [5.41, 5.74) is 0. The van der Waals surface area contributed by atoms with Gasteiger partial charge in [-0.2, -0.15) is 0 Å². The summed E-state index contributed by atoms with van der Waals surface area (Å²) in [5, 5.41) is 0. The first-order chi connectivity index (χ1) is 1.73. The van der Waals surface area contributed by atoms with E-state index in [2.05, 4.69) is 0 Å². The maximum absolute atomic E-state index is 9.44. The second kappa shape index (κ2) is 10.2. The van der Waals surface area contributed by atoms with Gasteiger partial charge in [0.2, 0.25) is 0 Å². The standard InChI is InChI=1S/C3H6O.2Er/c1-3(2)4;;/h1-2H3;;. The molecule has 0 atom stereocenters. The summed E-state index contributed by atoms with van der Waals surface area (Å²) in [7, 11) is 0. The molecule has 3 heteroatoms. The average Bonchev–Trinajstić information content (AvgIpc) is 0.811. The van der Waals surface area contributed by atoms with Crippen LogP contribution >= 0.6 is 0 Å². The normalized spacial score (nSPS) is 4.33. The molecule has 0 rings (SSSR count). The SMILES string of the molecule is CC(C)=O.[Er].[Er]. The van der Waals surface area contributed by atoms with E-state index in [1.165, 1.54) is 13.8 Å². The van der Waals surface area contributed by atoms with Crippen LogP contribution in [-0.2, 0) is 4.79 Å². The van der Waals surface area contributed by atoms with Gasteiger partial charge in [-0.25, -0.2) is 0 Å². The number of carbonyl (C=O) groups is 1. The second-order valence-electron chi connectivity index (χ2n) is 0.908. The second-order valence-corrected chi connectivity index (χ2v) is 0.908. The first-order valence-corrected chi connectivity index (χ1v) is 1.20. The fraction of sp³-hybridized carbons (Fsp3) is 0.667. The molecule has 0 aromatic rings. The summed E-state index contributed by atoms with van der Waals surface area (Å²) >= 11 is 0. The van der Waals surface area contributed by atoms with Gasteiger partial charge in [0.1, 0.15) is 5.78 Å². The van der Waals surface area contributed by atoms with E-state index in [1.807, 2.05) is 0 Å². The summed E-state index contributed by atoms with van der Waals surface area (Å²) in [6.07, 6.45) is 0. The Morgan fingerprint density at radius 2 is 1.17 bits per heavy atom. The van der Waals surface area contributed by atoms with E-state index in [1.54, 1.807) is 0 Å². The number of rotatable bonds is 0. The molecule has 0 aromatic carbocycles. The van der Waals surface area contributed by atoms with E-state index >= 15 is 0 Å². The topological polar surface area (TPSA) is 17.1 Å². The monoisotopic (exact) mass is 390 g/mol. The number of Topliss-reactive ketones (excluding diaryl/α,β-unsaturated/α-hetero) is 1. The third-order valence-corrected chi connectivity index (χ3v) is 0. The van der Waals surface area contributed by atoms with Crippen molar-refractivity contribution in [1.82, 2.24) is 0 Å². The van der Waals surface area contributed by atoms with Crippen molar-refractivity contribution >= 4 is 5.78 Å². The first-order valence-electron chi connectivity index (χ1n) is 1.20. The van der Waals surface area contributed by atoms with Gasteiger partial charge in [0, 0.05) is 74.6 Å². The minimum absolute atomic E-state index is 0. The Balaban J connectivity index is -0.0000000450. The van der Waals surface area contributed by atoms with Gasteiger partial charge < -0.3 is 4.79 Å². The molecule has 0 unspecified atom stereocenters. The smallest absolute Gasteiger partial charge is 0.126 e. The Kier molecular flexibility index (Phi) is 26.7.